The Hall–Kier alpha value is -2.34. The summed E-state index contributed by atoms with van der Waals surface area (Å²) in [5, 5.41) is -1.29. The molecule has 0 heterocycles. The van der Waals surface area contributed by atoms with Crippen LogP contribution in [0.1, 0.15) is 5.56 Å². The molecule has 0 fully saturated rings. The van der Waals surface area contributed by atoms with Gasteiger partial charge < -0.3 is 9.47 Å². The molecular weight excluding hydrogens is 316 g/mol. The van der Waals surface area contributed by atoms with Crippen LogP contribution in [0.5, 0.6) is 5.75 Å². The van der Waals surface area contributed by atoms with Gasteiger partial charge in [-0.3, -0.25) is 4.79 Å². The van der Waals surface area contributed by atoms with E-state index in [1.807, 2.05) is 6.07 Å². The van der Waals surface area contributed by atoms with Crippen LogP contribution in [0.15, 0.2) is 59.5 Å². The van der Waals surface area contributed by atoms with Crippen LogP contribution >= 0.6 is 0 Å². The van der Waals surface area contributed by atoms with Crippen molar-refractivity contribution in [3.63, 3.8) is 0 Å². The highest BCUT2D eigenvalue weighted by Crippen LogP contribution is 2.23. The minimum Gasteiger partial charge on any atom is -0.497 e. The predicted molar refractivity (Wildman–Crippen MR) is 86.1 cm³/mol. The van der Waals surface area contributed by atoms with Gasteiger partial charge in [-0.05, 0) is 29.8 Å². The summed E-state index contributed by atoms with van der Waals surface area (Å²) < 4.78 is 35.3. The zero-order valence-corrected chi connectivity index (χ0v) is 13.7. The third-order valence-electron chi connectivity index (χ3n) is 3.49. The van der Waals surface area contributed by atoms with E-state index >= 15 is 0 Å². The average Bonchev–Trinajstić information content (AvgIpc) is 2.59. The Kier molecular flexibility index (Phi) is 5.39. The van der Waals surface area contributed by atoms with Crippen molar-refractivity contribution in [2.75, 3.05) is 14.2 Å². The molecule has 122 valence electrons. The highest BCUT2D eigenvalue weighted by atomic mass is 32.2. The van der Waals surface area contributed by atoms with Crippen LogP contribution in [0, 0.1) is 0 Å². The monoisotopic (exact) mass is 334 g/mol. The number of hydrogen-bond donors (Lipinski definition) is 0. The fourth-order valence-electron chi connectivity index (χ4n) is 2.21. The van der Waals surface area contributed by atoms with E-state index in [1.54, 1.807) is 36.4 Å². The first-order valence-corrected chi connectivity index (χ1v) is 8.53. The first kappa shape index (κ1) is 17.0. The molecule has 0 spiro atoms. The summed E-state index contributed by atoms with van der Waals surface area (Å²) in [4.78, 5) is 12.1. The summed E-state index contributed by atoms with van der Waals surface area (Å²) in [5.74, 6) is -0.230. The van der Waals surface area contributed by atoms with Gasteiger partial charge in [-0.2, -0.15) is 0 Å². The first-order valence-electron chi connectivity index (χ1n) is 6.98. The van der Waals surface area contributed by atoms with E-state index in [4.69, 9.17) is 9.47 Å². The molecule has 0 saturated heterocycles. The molecule has 0 aliphatic carbocycles. The maximum absolute atomic E-state index is 12.8. The molecule has 23 heavy (non-hydrogen) atoms. The van der Waals surface area contributed by atoms with Gasteiger partial charge in [-0.1, -0.05) is 30.3 Å². The van der Waals surface area contributed by atoms with Crippen molar-refractivity contribution in [1.82, 2.24) is 0 Å². The molecule has 1 atom stereocenters. The molecule has 0 saturated carbocycles. The Morgan fingerprint density at radius 2 is 1.61 bits per heavy atom. The van der Waals surface area contributed by atoms with Crippen molar-refractivity contribution in [1.29, 1.82) is 0 Å². The van der Waals surface area contributed by atoms with E-state index in [-0.39, 0.29) is 11.3 Å². The van der Waals surface area contributed by atoms with Gasteiger partial charge >= 0.3 is 5.97 Å². The normalized spacial score (nSPS) is 12.4. The van der Waals surface area contributed by atoms with Crippen molar-refractivity contribution in [3.8, 4) is 5.75 Å². The highest BCUT2D eigenvalue weighted by molar-refractivity contribution is 7.92. The molecule has 0 aliphatic rings. The fraction of sp³-hybridized carbons (Fsp3) is 0.235. The Bertz CT molecular complexity index is 751. The number of ether oxygens (including phenoxy) is 2. The number of carbonyl (C=O) groups is 1. The molecule has 1 unspecified atom stereocenters. The maximum atomic E-state index is 12.8. The van der Waals surface area contributed by atoms with E-state index in [1.165, 1.54) is 26.4 Å². The zero-order valence-electron chi connectivity index (χ0n) is 12.9. The predicted octanol–water partition coefficient (Wildman–Crippen LogP) is 2.25. The summed E-state index contributed by atoms with van der Waals surface area (Å²) >= 11 is 0. The lowest BCUT2D eigenvalue weighted by molar-refractivity contribution is -0.140. The highest BCUT2D eigenvalue weighted by Gasteiger charge is 2.35. The molecule has 2 aromatic rings. The van der Waals surface area contributed by atoms with Gasteiger partial charge in [0, 0.05) is 6.42 Å². The SMILES string of the molecule is COC(=O)C(Cc1ccccc1)S(=O)(=O)c1ccc(OC)cc1. The molecular formula is C17H18O5S. The van der Waals surface area contributed by atoms with Gasteiger partial charge in [-0.25, -0.2) is 8.42 Å². The van der Waals surface area contributed by atoms with Crippen molar-refractivity contribution in [2.24, 2.45) is 0 Å². The number of hydrogen-bond acceptors (Lipinski definition) is 5. The Morgan fingerprint density at radius 1 is 1.00 bits per heavy atom. The van der Waals surface area contributed by atoms with Gasteiger partial charge in [0.15, 0.2) is 15.1 Å². The molecule has 0 bridgehead atoms. The lowest BCUT2D eigenvalue weighted by atomic mass is 10.1. The average molecular weight is 334 g/mol. The molecule has 0 radical (unpaired) electrons. The smallest absolute Gasteiger partial charge is 0.324 e. The van der Waals surface area contributed by atoms with Crippen molar-refractivity contribution in [3.05, 3.63) is 60.2 Å². The number of sulfone groups is 1. The number of carbonyl (C=O) groups excluding carboxylic acids is 1. The Balaban J connectivity index is 2.38. The zero-order chi connectivity index (χ0) is 16.9. The summed E-state index contributed by atoms with van der Waals surface area (Å²) in [5.41, 5.74) is 0.750. The van der Waals surface area contributed by atoms with Gasteiger partial charge in [0.1, 0.15) is 5.75 Å². The van der Waals surface area contributed by atoms with Crippen molar-refractivity contribution in [2.45, 2.75) is 16.6 Å². The van der Waals surface area contributed by atoms with Crippen molar-refractivity contribution >= 4 is 15.8 Å². The van der Waals surface area contributed by atoms with Crippen LogP contribution in [-0.4, -0.2) is 33.9 Å². The standard InChI is InChI=1S/C17H18O5S/c1-21-14-8-10-15(11-9-14)23(19,20)16(17(18)22-2)12-13-6-4-3-5-7-13/h3-11,16H,12H2,1-2H3. The van der Waals surface area contributed by atoms with Crippen LogP contribution in [0.4, 0.5) is 0 Å². The largest absolute Gasteiger partial charge is 0.497 e. The van der Waals surface area contributed by atoms with Gasteiger partial charge in [0.2, 0.25) is 0 Å². The van der Waals surface area contributed by atoms with Crippen LogP contribution < -0.4 is 4.74 Å². The van der Waals surface area contributed by atoms with Gasteiger partial charge in [0.25, 0.3) is 0 Å². The summed E-state index contributed by atoms with van der Waals surface area (Å²) in [6, 6.07) is 14.9. The number of benzene rings is 2. The molecule has 0 amide bonds. The minimum absolute atomic E-state index is 0.0574. The maximum Gasteiger partial charge on any atom is 0.324 e. The first-order chi connectivity index (χ1) is 11.0. The molecule has 0 N–H and O–H groups in total. The molecule has 0 aromatic heterocycles. The summed E-state index contributed by atoms with van der Waals surface area (Å²) in [6.45, 7) is 0. The molecule has 0 aliphatic heterocycles. The summed E-state index contributed by atoms with van der Waals surface area (Å²) in [6.07, 6.45) is 0.0574. The topological polar surface area (TPSA) is 69.7 Å². The third-order valence-corrected chi connectivity index (χ3v) is 5.53. The number of methoxy groups -OCH3 is 2. The number of esters is 1. The van der Waals surface area contributed by atoms with E-state index in [2.05, 4.69) is 0 Å². The van der Waals surface area contributed by atoms with Gasteiger partial charge in [-0.15, -0.1) is 0 Å². The van der Waals surface area contributed by atoms with Crippen LogP contribution in [-0.2, 0) is 25.8 Å². The Morgan fingerprint density at radius 3 is 2.13 bits per heavy atom. The third kappa shape index (κ3) is 3.90. The molecule has 2 rings (SSSR count). The van der Waals surface area contributed by atoms with Crippen LogP contribution in [0.25, 0.3) is 0 Å². The second kappa shape index (κ2) is 7.28. The fourth-order valence-corrected chi connectivity index (χ4v) is 3.81. The minimum atomic E-state index is -3.87. The quantitative estimate of drug-likeness (QED) is 0.758. The van der Waals surface area contributed by atoms with E-state index in [0.717, 1.165) is 5.56 Å². The molecule has 6 heteroatoms. The lowest BCUT2D eigenvalue weighted by Crippen LogP contribution is -2.33. The second-order valence-corrected chi connectivity index (χ2v) is 7.05. The number of rotatable bonds is 6. The molecule has 2 aromatic carbocycles. The van der Waals surface area contributed by atoms with E-state index < -0.39 is 21.1 Å². The van der Waals surface area contributed by atoms with Gasteiger partial charge in [0.05, 0.1) is 19.1 Å². The van der Waals surface area contributed by atoms with E-state index in [0.29, 0.717) is 5.75 Å². The second-order valence-electron chi connectivity index (χ2n) is 4.92. The summed E-state index contributed by atoms with van der Waals surface area (Å²) in [7, 11) is -1.19. The van der Waals surface area contributed by atoms with Crippen LogP contribution in [0.3, 0.4) is 0 Å². The Labute approximate surface area is 135 Å². The lowest BCUT2D eigenvalue weighted by Gasteiger charge is -2.16. The van der Waals surface area contributed by atoms with Crippen molar-refractivity contribution < 1.29 is 22.7 Å². The van der Waals surface area contributed by atoms with E-state index in [9.17, 15) is 13.2 Å². The molecule has 5 nitrogen and oxygen atoms in total. The van der Waals surface area contributed by atoms with Crippen LogP contribution in [0.2, 0.25) is 0 Å².